The minimum atomic E-state index is -0.0809. The topological polar surface area (TPSA) is 62.9 Å². The van der Waals surface area contributed by atoms with Gasteiger partial charge in [-0.15, -0.1) is 0 Å². The molecule has 0 aromatic rings. The van der Waals surface area contributed by atoms with Gasteiger partial charge < -0.3 is 9.64 Å². The third kappa shape index (κ3) is 3.83. The normalized spacial score (nSPS) is 30.5. The number of hydrogen-bond acceptors (Lipinski definition) is 3. The van der Waals surface area contributed by atoms with Gasteiger partial charge in [0.15, 0.2) is 0 Å². The van der Waals surface area contributed by atoms with Crippen molar-refractivity contribution in [3.63, 3.8) is 0 Å². The van der Waals surface area contributed by atoms with Crippen molar-refractivity contribution in [3.05, 3.63) is 0 Å². The summed E-state index contributed by atoms with van der Waals surface area (Å²) in [6, 6.07) is 0.440. The summed E-state index contributed by atoms with van der Waals surface area (Å²) in [5.74, 6) is 6.53. The van der Waals surface area contributed by atoms with E-state index in [2.05, 4.69) is 17.2 Å². The van der Waals surface area contributed by atoms with Gasteiger partial charge in [-0.25, -0.2) is 10.8 Å². The number of piperidine rings is 1. The van der Waals surface area contributed by atoms with Crippen LogP contribution in [0.4, 0.5) is 0 Å². The number of hydrogen-bond donors (Lipinski definition) is 2. The average molecular weight is 268 g/mol. The molecule has 110 valence electrons. The van der Waals surface area contributed by atoms with Crippen LogP contribution in [-0.2, 0) is 4.74 Å². The van der Waals surface area contributed by atoms with Crippen LogP contribution < -0.4 is 11.3 Å². The van der Waals surface area contributed by atoms with Gasteiger partial charge in [0, 0.05) is 20.2 Å². The van der Waals surface area contributed by atoms with Crippen molar-refractivity contribution in [2.45, 2.75) is 63.5 Å². The first kappa shape index (κ1) is 14.6. The number of hydrazine groups is 1. The van der Waals surface area contributed by atoms with Crippen molar-refractivity contribution in [3.8, 4) is 0 Å². The maximum absolute atomic E-state index is 5.69. The van der Waals surface area contributed by atoms with Crippen molar-refractivity contribution in [2.75, 3.05) is 20.2 Å². The first-order valence-corrected chi connectivity index (χ1v) is 7.51. The molecule has 1 heterocycles. The first-order chi connectivity index (χ1) is 9.17. The highest BCUT2D eigenvalue weighted by atomic mass is 16.5. The number of nitrogens with zero attached hydrogens (tertiary/aromatic N) is 2. The molecule has 0 aromatic carbocycles. The first-order valence-electron chi connectivity index (χ1n) is 7.51. The zero-order chi connectivity index (χ0) is 13.7. The van der Waals surface area contributed by atoms with Gasteiger partial charge in [0.2, 0.25) is 5.96 Å². The van der Waals surface area contributed by atoms with Crippen LogP contribution in [0, 0.1) is 0 Å². The fourth-order valence-corrected chi connectivity index (χ4v) is 3.15. The Hall–Kier alpha value is -0.810. The minimum absolute atomic E-state index is 0.0809. The Kier molecular flexibility index (Phi) is 5.05. The Labute approximate surface area is 116 Å². The van der Waals surface area contributed by atoms with Crippen molar-refractivity contribution in [1.29, 1.82) is 0 Å². The molecule has 2 fully saturated rings. The number of methoxy groups -OCH3 is 1. The average Bonchev–Trinajstić information content (AvgIpc) is 2.46. The largest absolute Gasteiger partial charge is 0.377 e. The lowest BCUT2D eigenvalue weighted by Gasteiger charge is -2.40. The summed E-state index contributed by atoms with van der Waals surface area (Å²) in [5, 5.41) is 0. The maximum atomic E-state index is 5.69. The Morgan fingerprint density at radius 3 is 2.68 bits per heavy atom. The van der Waals surface area contributed by atoms with Crippen LogP contribution in [0.25, 0.3) is 0 Å². The molecule has 1 aliphatic heterocycles. The molecule has 5 heteroatoms. The van der Waals surface area contributed by atoms with Crippen LogP contribution in [0.5, 0.6) is 0 Å². The molecule has 2 rings (SSSR count). The summed E-state index contributed by atoms with van der Waals surface area (Å²) in [4.78, 5) is 7.07. The second kappa shape index (κ2) is 6.57. The molecule has 0 bridgehead atoms. The summed E-state index contributed by atoms with van der Waals surface area (Å²) in [5.41, 5.74) is 2.72. The van der Waals surface area contributed by atoms with E-state index >= 15 is 0 Å². The SMILES string of the molecule is COC1(C)CCCN(C(=NC2CCCCC2)NN)C1. The quantitative estimate of drug-likeness (QED) is 0.346. The van der Waals surface area contributed by atoms with Crippen molar-refractivity contribution < 1.29 is 4.74 Å². The molecule has 1 aliphatic carbocycles. The molecule has 5 nitrogen and oxygen atoms in total. The molecule has 1 saturated heterocycles. The molecule has 1 saturated carbocycles. The zero-order valence-electron chi connectivity index (χ0n) is 12.3. The van der Waals surface area contributed by atoms with E-state index in [1.54, 1.807) is 7.11 Å². The zero-order valence-corrected chi connectivity index (χ0v) is 12.3. The second-order valence-corrected chi connectivity index (χ2v) is 6.07. The van der Waals surface area contributed by atoms with Gasteiger partial charge in [0.05, 0.1) is 11.6 Å². The van der Waals surface area contributed by atoms with Crippen LogP contribution in [0.1, 0.15) is 51.9 Å². The van der Waals surface area contributed by atoms with E-state index in [4.69, 9.17) is 15.6 Å². The highest BCUT2D eigenvalue weighted by molar-refractivity contribution is 5.79. The lowest BCUT2D eigenvalue weighted by Crippen LogP contribution is -2.55. The second-order valence-electron chi connectivity index (χ2n) is 6.07. The molecule has 19 heavy (non-hydrogen) atoms. The van der Waals surface area contributed by atoms with Crippen LogP contribution in [0.3, 0.4) is 0 Å². The number of likely N-dealkylation sites (tertiary alicyclic amines) is 1. The number of ether oxygens (including phenoxy) is 1. The lowest BCUT2D eigenvalue weighted by atomic mass is 9.94. The summed E-state index contributed by atoms with van der Waals surface area (Å²) in [6.45, 7) is 4.03. The maximum Gasteiger partial charge on any atom is 0.208 e. The molecule has 0 radical (unpaired) electrons. The third-order valence-corrected chi connectivity index (χ3v) is 4.46. The van der Waals surface area contributed by atoms with E-state index in [0.29, 0.717) is 6.04 Å². The van der Waals surface area contributed by atoms with Gasteiger partial charge in [-0.05, 0) is 32.6 Å². The molecule has 1 unspecified atom stereocenters. The van der Waals surface area contributed by atoms with Crippen LogP contribution >= 0.6 is 0 Å². The Balaban J connectivity index is 2.01. The number of guanidine groups is 1. The number of nitrogens with two attached hydrogens (primary N) is 1. The molecule has 3 N–H and O–H groups in total. The predicted molar refractivity (Wildman–Crippen MR) is 77.9 cm³/mol. The molecule has 1 atom stereocenters. The smallest absolute Gasteiger partial charge is 0.208 e. The molecule has 0 spiro atoms. The van der Waals surface area contributed by atoms with E-state index in [0.717, 1.165) is 31.9 Å². The van der Waals surface area contributed by atoms with E-state index in [1.165, 1.54) is 32.1 Å². The highest BCUT2D eigenvalue weighted by Crippen LogP contribution is 2.25. The monoisotopic (exact) mass is 268 g/mol. The van der Waals surface area contributed by atoms with Crippen LogP contribution in [-0.4, -0.2) is 42.7 Å². The van der Waals surface area contributed by atoms with Gasteiger partial charge in [-0.1, -0.05) is 19.3 Å². The summed E-state index contributed by atoms with van der Waals surface area (Å²) >= 11 is 0. The predicted octanol–water partition coefficient (Wildman–Crippen LogP) is 1.64. The molecular weight excluding hydrogens is 240 g/mol. The van der Waals surface area contributed by atoms with Crippen molar-refractivity contribution >= 4 is 5.96 Å². The Bertz CT molecular complexity index is 315. The van der Waals surface area contributed by atoms with Gasteiger partial charge in [-0.2, -0.15) is 0 Å². The standard InChI is InChI=1S/C14H28N4O/c1-14(19-2)9-6-10-18(11-14)13(17-15)16-12-7-4-3-5-8-12/h12H,3-11,15H2,1-2H3,(H,16,17). The molecule has 2 aliphatic rings. The Morgan fingerprint density at radius 2 is 2.05 bits per heavy atom. The number of nitrogens with one attached hydrogen (secondary N) is 1. The van der Waals surface area contributed by atoms with Crippen molar-refractivity contribution in [1.82, 2.24) is 10.3 Å². The fraction of sp³-hybridized carbons (Fsp3) is 0.929. The summed E-state index contributed by atoms with van der Waals surface area (Å²) in [7, 11) is 1.79. The lowest BCUT2D eigenvalue weighted by molar-refractivity contribution is -0.0356. The van der Waals surface area contributed by atoms with Gasteiger partial charge in [-0.3, -0.25) is 5.43 Å². The van der Waals surface area contributed by atoms with Crippen molar-refractivity contribution in [2.24, 2.45) is 10.8 Å². The van der Waals surface area contributed by atoms with E-state index in [9.17, 15) is 0 Å². The molecular formula is C14H28N4O. The van der Waals surface area contributed by atoms with E-state index in [-0.39, 0.29) is 5.60 Å². The van der Waals surface area contributed by atoms with Gasteiger partial charge >= 0.3 is 0 Å². The van der Waals surface area contributed by atoms with Crippen LogP contribution in [0.15, 0.2) is 4.99 Å². The summed E-state index contributed by atoms with van der Waals surface area (Å²) < 4.78 is 5.63. The fourth-order valence-electron chi connectivity index (χ4n) is 3.15. The number of rotatable bonds is 2. The minimum Gasteiger partial charge on any atom is -0.377 e. The van der Waals surface area contributed by atoms with Gasteiger partial charge in [0.25, 0.3) is 0 Å². The molecule has 0 amide bonds. The third-order valence-electron chi connectivity index (χ3n) is 4.46. The highest BCUT2D eigenvalue weighted by Gasteiger charge is 2.32. The molecule has 0 aromatic heterocycles. The Morgan fingerprint density at radius 1 is 1.32 bits per heavy atom. The number of aliphatic imine (C=N–C) groups is 1. The van der Waals surface area contributed by atoms with E-state index in [1.807, 2.05) is 0 Å². The summed E-state index contributed by atoms with van der Waals surface area (Å²) in [6.07, 6.45) is 8.55. The van der Waals surface area contributed by atoms with Crippen LogP contribution in [0.2, 0.25) is 0 Å². The van der Waals surface area contributed by atoms with E-state index < -0.39 is 0 Å². The van der Waals surface area contributed by atoms with Gasteiger partial charge in [0.1, 0.15) is 0 Å².